The molecule has 2 aromatic rings. The highest BCUT2D eigenvalue weighted by Crippen LogP contribution is 2.07. The minimum Gasteiger partial charge on any atom is -0.354 e. The number of nitrogens with zero attached hydrogens (tertiary/aromatic N) is 1. The van der Waals surface area contributed by atoms with Crippen molar-refractivity contribution in [2.24, 2.45) is 0 Å². The Bertz CT molecular complexity index is 625. The van der Waals surface area contributed by atoms with Crippen LogP contribution in [0.4, 0.5) is 0 Å². The van der Waals surface area contributed by atoms with Gasteiger partial charge in [-0.05, 0) is 12.5 Å². The summed E-state index contributed by atoms with van der Waals surface area (Å²) < 4.78 is 0. The number of carbonyl (C=O) groups excluding carboxylic acids is 2. The van der Waals surface area contributed by atoms with Crippen molar-refractivity contribution in [3.05, 3.63) is 52.0 Å². The van der Waals surface area contributed by atoms with Gasteiger partial charge < -0.3 is 10.6 Å². The first kappa shape index (κ1) is 16.2. The summed E-state index contributed by atoms with van der Waals surface area (Å²) >= 11 is 1.60. The van der Waals surface area contributed by atoms with Crippen LogP contribution in [0.15, 0.2) is 35.7 Å². The molecule has 6 heteroatoms. The number of nitrogens with one attached hydrogen (secondary N) is 2. The van der Waals surface area contributed by atoms with Gasteiger partial charge in [-0.2, -0.15) is 0 Å². The first-order valence-corrected chi connectivity index (χ1v) is 8.00. The highest BCUT2D eigenvalue weighted by atomic mass is 32.1. The molecule has 0 saturated heterocycles. The van der Waals surface area contributed by atoms with E-state index >= 15 is 0 Å². The van der Waals surface area contributed by atoms with Gasteiger partial charge in [-0.25, -0.2) is 4.98 Å². The molecule has 0 saturated carbocycles. The second-order valence-electron chi connectivity index (χ2n) is 4.90. The lowest BCUT2D eigenvalue weighted by molar-refractivity contribution is -0.125. The van der Waals surface area contributed by atoms with Crippen LogP contribution < -0.4 is 10.6 Å². The Hall–Kier alpha value is -2.21. The Morgan fingerprint density at radius 1 is 1.14 bits per heavy atom. The molecule has 0 radical (unpaired) electrons. The normalized spacial score (nSPS) is 10.2. The summed E-state index contributed by atoms with van der Waals surface area (Å²) in [5, 5.41) is 8.40. The molecule has 2 amide bonds. The van der Waals surface area contributed by atoms with Crippen molar-refractivity contribution in [1.82, 2.24) is 15.6 Å². The van der Waals surface area contributed by atoms with Crippen molar-refractivity contribution in [2.45, 2.75) is 19.8 Å². The Kier molecular flexibility index (Phi) is 6.09. The fraction of sp³-hybridized carbons (Fsp3) is 0.312. The van der Waals surface area contributed by atoms with Crippen molar-refractivity contribution in [3.8, 4) is 0 Å². The van der Waals surface area contributed by atoms with Crippen LogP contribution in [0.1, 0.15) is 16.3 Å². The third kappa shape index (κ3) is 5.65. The number of aromatic nitrogens is 1. The average Bonchev–Trinajstić information content (AvgIpc) is 2.92. The van der Waals surface area contributed by atoms with E-state index < -0.39 is 0 Å². The number of hydrogen-bond acceptors (Lipinski definition) is 4. The minimum atomic E-state index is -0.187. The van der Waals surface area contributed by atoms with Crippen LogP contribution in [0.5, 0.6) is 0 Å². The molecule has 1 aromatic carbocycles. The van der Waals surface area contributed by atoms with Crippen molar-refractivity contribution in [1.29, 1.82) is 0 Å². The van der Waals surface area contributed by atoms with Gasteiger partial charge in [-0.15, -0.1) is 11.3 Å². The topological polar surface area (TPSA) is 71.1 Å². The van der Waals surface area contributed by atoms with Crippen LogP contribution in [0.25, 0.3) is 0 Å². The molecule has 0 atom stereocenters. The zero-order chi connectivity index (χ0) is 15.8. The third-order valence-electron chi connectivity index (χ3n) is 3.02. The maximum absolute atomic E-state index is 11.7. The van der Waals surface area contributed by atoms with Crippen LogP contribution in [-0.4, -0.2) is 29.9 Å². The van der Waals surface area contributed by atoms with Gasteiger partial charge in [0.15, 0.2) is 0 Å². The molecule has 116 valence electrons. The summed E-state index contributed by atoms with van der Waals surface area (Å²) in [6, 6.07) is 9.44. The molecule has 0 aliphatic carbocycles. The summed E-state index contributed by atoms with van der Waals surface area (Å²) in [6.45, 7) is 2.48. The van der Waals surface area contributed by atoms with Gasteiger partial charge >= 0.3 is 0 Å². The van der Waals surface area contributed by atoms with Gasteiger partial charge in [0.05, 0.1) is 23.7 Å². The third-order valence-corrected chi connectivity index (χ3v) is 3.85. The van der Waals surface area contributed by atoms with E-state index in [4.69, 9.17) is 0 Å². The second-order valence-corrected chi connectivity index (χ2v) is 5.96. The predicted molar refractivity (Wildman–Crippen MR) is 86.7 cm³/mol. The van der Waals surface area contributed by atoms with Crippen LogP contribution >= 0.6 is 11.3 Å². The lowest BCUT2D eigenvalue weighted by atomic mass is 10.1. The van der Waals surface area contributed by atoms with Crippen LogP contribution in [0, 0.1) is 6.92 Å². The Labute approximate surface area is 133 Å². The smallest absolute Gasteiger partial charge is 0.239 e. The molecular weight excluding hydrogens is 298 g/mol. The standard InChI is InChI=1S/C16H19N3O2S/c1-12-19-14(11-22-12)7-8-17-16(21)10-18-15(20)9-13-5-3-2-4-6-13/h2-6,11H,7-10H2,1H3,(H,17,21)(H,18,20). The molecule has 0 fully saturated rings. The molecule has 5 nitrogen and oxygen atoms in total. The van der Waals surface area contributed by atoms with Gasteiger partial charge in [-0.1, -0.05) is 30.3 Å². The number of hydrogen-bond donors (Lipinski definition) is 2. The number of thiazole rings is 1. The molecule has 0 aliphatic rings. The monoisotopic (exact) mass is 317 g/mol. The van der Waals surface area contributed by atoms with E-state index in [1.165, 1.54) is 0 Å². The van der Waals surface area contributed by atoms with E-state index in [0.29, 0.717) is 13.0 Å². The summed E-state index contributed by atoms with van der Waals surface area (Å²) in [6.07, 6.45) is 0.986. The summed E-state index contributed by atoms with van der Waals surface area (Å²) in [7, 11) is 0. The average molecular weight is 317 g/mol. The van der Waals surface area contributed by atoms with Crippen molar-refractivity contribution in [3.63, 3.8) is 0 Å². The van der Waals surface area contributed by atoms with E-state index in [1.807, 2.05) is 42.6 Å². The molecular formula is C16H19N3O2S. The quantitative estimate of drug-likeness (QED) is 0.812. The van der Waals surface area contributed by atoms with Gasteiger partial charge in [-0.3, -0.25) is 9.59 Å². The van der Waals surface area contributed by atoms with Crippen molar-refractivity contribution in [2.75, 3.05) is 13.1 Å². The highest BCUT2D eigenvalue weighted by Gasteiger charge is 2.06. The fourth-order valence-electron chi connectivity index (χ4n) is 1.94. The molecule has 0 unspecified atom stereocenters. The molecule has 1 heterocycles. The van der Waals surface area contributed by atoms with Gasteiger partial charge in [0.1, 0.15) is 0 Å². The number of aryl methyl sites for hydroxylation is 1. The maximum Gasteiger partial charge on any atom is 0.239 e. The van der Waals surface area contributed by atoms with Crippen LogP contribution in [0.2, 0.25) is 0 Å². The summed E-state index contributed by atoms with van der Waals surface area (Å²) in [5.41, 5.74) is 1.91. The number of amides is 2. The van der Waals surface area contributed by atoms with Crippen molar-refractivity contribution >= 4 is 23.2 Å². The SMILES string of the molecule is Cc1nc(CCNC(=O)CNC(=O)Cc2ccccc2)cs1. The maximum atomic E-state index is 11.7. The molecule has 22 heavy (non-hydrogen) atoms. The van der Waals surface area contributed by atoms with E-state index in [0.717, 1.165) is 16.3 Å². The second kappa shape index (κ2) is 8.29. The van der Waals surface area contributed by atoms with Crippen molar-refractivity contribution < 1.29 is 9.59 Å². The summed E-state index contributed by atoms with van der Waals surface area (Å²) in [4.78, 5) is 27.7. The van der Waals surface area contributed by atoms with E-state index in [2.05, 4.69) is 15.6 Å². The van der Waals surface area contributed by atoms with Crippen LogP contribution in [0.3, 0.4) is 0 Å². The number of benzene rings is 1. The van der Waals surface area contributed by atoms with E-state index in [-0.39, 0.29) is 24.8 Å². The molecule has 0 spiro atoms. The van der Waals surface area contributed by atoms with E-state index in [1.54, 1.807) is 11.3 Å². The zero-order valence-corrected chi connectivity index (χ0v) is 13.3. The highest BCUT2D eigenvalue weighted by molar-refractivity contribution is 7.09. The lowest BCUT2D eigenvalue weighted by Crippen LogP contribution is -2.38. The molecule has 2 N–H and O–H groups in total. The Morgan fingerprint density at radius 3 is 2.59 bits per heavy atom. The molecule has 1 aromatic heterocycles. The van der Waals surface area contributed by atoms with E-state index in [9.17, 15) is 9.59 Å². The van der Waals surface area contributed by atoms with Crippen LogP contribution in [-0.2, 0) is 22.4 Å². The number of carbonyl (C=O) groups is 2. The minimum absolute atomic E-state index is 0.00175. The Balaban J connectivity index is 1.62. The van der Waals surface area contributed by atoms with Gasteiger partial charge in [0.2, 0.25) is 11.8 Å². The molecule has 2 rings (SSSR count). The molecule has 0 bridgehead atoms. The predicted octanol–water partition coefficient (Wildman–Crippen LogP) is 1.47. The largest absolute Gasteiger partial charge is 0.354 e. The fourth-order valence-corrected chi connectivity index (χ4v) is 2.59. The lowest BCUT2D eigenvalue weighted by Gasteiger charge is -2.06. The summed E-state index contributed by atoms with van der Waals surface area (Å²) in [5.74, 6) is -0.343. The Morgan fingerprint density at radius 2 is 1.91 bits per heavy atom. The zero-order valence-electron chi connectivity index (χ0n) is 12.5. The van der Waals surface area contributed by atoms with Gasteiger partial charge in [0, 0.05) is 18.3 Å². The first-order chi connectivity index (χ1) is 10.6. The first-order valence-electron chi connectivity index (χ1n) is 7.12. The van der Waals surface area contributed by atoms with Gasteiger partial charge in [0.25, 0.3) is 0 Å². The molecule has 0 aliphatic heterocycles. The number of rotatable bonds is 7.